The molecule has 0 unspecified atom stereocenters. The van der Waals surface area contributed by atoms with Crippen molar-refractivity contribution < 1.29 is 14.7 Å². The van der Waals surface area contributed by atoms with Gasteiger partial charge in [-0.25, -0.2) is 14.5 Å². The molecule has 1 N–H and O–H groups in total. The summed E-state index contributed by atoms with van der Waals surface area (Å²) in [7, 11) is 0. The number of aromatic carboxylic acids is 1. The molecule has 0 bridgehead atoms. The van der Waals surface area contributed by atoms with Gasteiger partial charge in [0.05, 0.1) is 16.3 Å². The summed E-state index contributed by atoms with van der Waals surface area (Å²) in [5.41, 5.74) is 0.521. The zero-order valence-corrected chi connectivity index (χ0v) is 21.8. The second-order valence-electron chi connectivity index (χ2n) is 6.57. The molecule has 162 valence electrons. The molecule has 1 aromatic carbocycles. The van der Waals surface area contributed by atoms with Gasteiger partial charge in [0.25, 0.3) is 5.91 Å². The molecule has 31 heavy (non-hydrogen) atoms. The number of rotatable bonds is 5. The van der Waals surface area contributed by atoms with Crippen LogP contribution in [0.3, 0.4) is 0 Å². The van der Waals surface area contributed by atoms with Gasteiger partial charge in [-0.2, -0.15) is 5.10 Å². The molecule has 12 heteroatoms. The minimum atomic E-state index is -1.13. The number of aromatic nitrogens is 3. The highest BCUT2D eigenvalue weighted by Crippen LogP contribution is 2.41. The summed E-state index contributed by atoms with van der Waals surface area (Å²) in [4.78, 5) is 31.4. The number of carboxylic acid groups (broad SMARTS) is 1. The van der Waals surface area contributed by atoms with E-state index in [2.05, 4.69) is 57.9 Å². The monoisotopic (exact) mass is 652 g/mol. The highest BCUT2D eigenvalue weighted by molar-refractivity contribution is 9.11. The lowest BCUT2D eigenvalue weighted by molar-refractivity contribution is 0.0697. The van der Waals surface area contributed by atoms with Gasteiger partial charge in [0.1, 0.15) is 10.3 Å². The van der Waals surface area contributed by atoms with E-state index >= 15 is 0 Å². The van der Waals surface area contributed by atoms with Crippen LogP contribution in [0.2, 0.25) is 5.02 Å². The number of anilines is 1. The molecule has 0 spiro atoms. The molecular formula is C19H13Br3Cl2N4O3. The molecule has 2 heterocycles. The molecule has 1 fully saturated rings. The summed E-state index contributed by atoms with van der Waals surface area (Å²) < 4.78 is 2.87. The number of halogens is 5. The topological polar surface area (TPSA) is 88.3 Å². The van der Waals surface area contributed by atoms with E-state index in [9.17, 15) is 14.7 Å². The van der Waals surface area contributed by atoms with Gasteiger partial charge in [0, 0.05) is 27.3 Å². The third-order valence-electron chi connectivity index (χ3n) is 4.47. The van der Waals surface area contributed by atoms with E-state index in [0.29, 0.717) is 30.1 Å². The number of hydrogen-bond acceptors (Lipinski definition) is 4. The molecule has 1 aliphatic rings. The van der Waals surface area contributed by atoms with Crippen molar-refractivity contribution in [3.05, 3.63) is 66.4 Å². The van der Waals surface area contributed by atoms with Crippen LogP contribution >= 0.6 is 71.8 Å². The maximum Gasteiger partial charge on any atom is 0.337 e. The predicted octanol–water partition coefficient (Wildman–Crippen LogP) is 6.14. The van der Waals surface area contributed by atoms with Gasteiger partial charge in [-0.3, -0.25) is 4.79 Å². The zero-order chi connectivity index (χ0) is 21.6. The smallest absolute Gasteiger partial charge is 0.337 e. The molecule has 0 atom stereocenters. The van der Waals surface area contributed by atoms with Crippen LogP contribution in [-0.4, -0.2) is 37.8 Å². The first-order valence-corrected chi connectivity index (χ1v) is 11.5. The van der Waals surface area contributed by atoms with Gasteiger partial charge >= 0.3 is 5.97 Å². The molecule has 3 aromatic rings. The summed E-state index contributed by atoms with van der Waals surface area (Å²) >= 11 is 16.3. The molecule has 0 aliphatic heterocycles. The third kappa shape index (κ3) is 4.83. The van der Waals surface area contributed by atoms with Gasteiger partial charge < -0.3 is 10.0 Å². The molecule has 7 nitrogen and oxygen atoms in total. The second-order valence-corrected chi connectivity index (χ2v) is 9.56. The summed E-state index contributed by atoms with van der Waals surface area (Å²) in [6.45, 7) is 0. The van der Waals surface area contributed by atoms with Crippen molar-refractivity contribution in [2.45, 2.75) is 18.9 Å². The van der Waals surface area contributed by atoms with Crippen molar-refractivity contribution in [3.8, 4) is 5.82 Å². The molecule has 1 amide bonds. The van der Waals surface area contributed by atoms with Crippen molar-refractivity contribution >= 4 is 89.4 Å². The first-order chi connectivity index (χ1) is 14.3. The maximum atomic E-state index is 13.7. The van der Waals surface area contributed by atoms with Crippen molar-refractivity contribution in [2.75, 3.05) is 4.90 Å². The predicted molar refractivity (Wildman–Crippen MR) is 130 cm³/mol. The molecule has 1 saturated carbocycles. The van der Waals surface area contributed by atoms with E-state index in [1.54, 1.807) is 30.5 Å². The van der Waals surface area contributed by atoms with E-state index in [-0.39, 0.29) is 29.7 Å². The Bertz CT molecular complexity index is 1180. The normalized spacial score (nSPS) is 12.9. The fourth-order valence-corrected chi connectivity index (χ4v) is 5.07. The standard InChI is InChI=1S/C19H12Br3ClN4O3.ClH/c20-9-6-11(19(29)30)16(12(21)7-9)26(10-3-4-10)18(28)14-8-15(22)25-27(14)17-13(23)2-1-5-24-17;/h1-2,5-8,10H,3-4H2,(H,29,30);1H. The Labute approximate surface area is 213 Å². The highest BCUT2D eigenvalue weighted by atomic mass is 79.9. The van der Waals surface area contributed by atoms with Crippen LogP contribution in [0.15, 0.2) is 50.1 Å². The maximum absolute atomic E-state index is 13.7. The van der Waals surface area contributed by atoms with Crippen LogP contribution in [0.5, 0.6) is 0 Å². The fraction of sp³-hybridized carbons (Fsp3) is 0.158. The van der Waals surface area contributed by atoms with Gasteiger partial charge in [0.2, 0.25) is 0 Å². The zero-order valence-electron chi connectivity index (χ0n) is 15.4. The molecular weight excluding hydrogens is 643 g/mol. The Morgan fingerprint density at radius 2 is 1.90 bits per heavy atom. The van der Waals surface area contributed by atoms with Crippen molar-refractivity contribution in [1.82, 2.24) is 14.8 Å². The van der Waals surface area contributed by atoms with Crippen LogP contribution < -0.4 is 4.90 Å². The second kappa shape index (κ2) is 9.58. The number of carboxylic acids is 1. The molecule has 4 rings (SSSR count). The molecule has 2 aromatic heterocycles. The average molecular weight is 656 g/mol. The van der Waals surface area contributed by atoms with E-state index in [1.165, 1.54) is 15.6 Å². The van der Waals surface area contributed by atoms with Crippen molar-refractivity contribution in [2.24, 2.45) is 0 Å². The molecule has 0 radical (unpaired) electrons. The Hall–Kier alpha value is -1.46. The number of carbonyl (C=O) groups is 2. The van der Waals surface area contributed by atoms with E-state index < -0.39 is 11.9 Å². The largest absolute Gasteiger partial charge is 0.478 e. The number of benzene rings is 1. The Morgan fingerprint density at radius 3 is 2.52 bits per heavy atom. The minimum Gasteiger partial charge on any atom is -0.478 e. The average Bonchev–Trinajstić information content (AvgIpc) is 3.44. The fourth-order valence-electron chi connectivity index (χ4n) is 3.08. The Morgan fingerprint density at radius 1 is 1.19 bits per heavy atom. The number of nitrogens with zero attached hydrogens (tertiary/aromatic N) is 4. The first kappa shape index (κ1) is 24.2. The highest BCUT2D eigenvalue weighted by Gasteiger charge is 2.39. The SMILES string of the molecule is Cl.O=C(O)c1cc(Br)cc(Br)c1N(C(=O)c1cc(Br)nn1-c1ncccc1Cl)C1CC1. The summed E-state index contributed by atoms with van der Waals surface area (Å²) in [6, 6.07) is 7.98. The third-order valence-corrected chi connectivity index (χ3v) is 6.21. The lowest BCUT2D eigenvalue weighted by Crippen LogP contribution is -2.36. The van der Waals surface area contributed by atoms with Crippen LogP contribution in [0, 0.1) is 0 Å². The summed E-state index contributed by atoms with van der Waals surface area (Å²) in [5, 5.41) is 14.4. The van der Waals surface area contributed by atoms with E-state index in [0.717, 1.165) is 12.8 Å². The number of amides is 1. The summed E-state index contributed by atoms with van der Waals surface area (Å²) in [6.07, 6.45) is 3.09. The summed E-state index contributed by atoms with van der Waals surface area (Å²) in [5.74, 6) is -1.23. The number of carbonyl (C=O) groups excluding carboxylic acids is 1. The lowest BCUT2D eigenvalue weighted by atomic mass is 10.1. The van der Waals surface area contributed by atoms with Gasteiger partial charge in [-0.05, 0) is 69.0 Å². The first-order valence-electron chi connectivity index (χ1n) is 8.70. The quantitative estimate of drug-likeness (QED) is 0.357. The number of hydrogen-bond donors (Lipinski definition) is 1. The Balaban J connectivity index is 0.00000272. The molecule has 0 saturated heterocycles. The number of pyridine rings is 1. The van der Waals surface area contributed by atoms with Gasteiger partial charge in [0.15, 0.2) is 5.82 Å². The Kier molecular flexibility index (Phi) is 7.47. The molecule has 1 aliphatic carbocycles. The van der Waals surface area contributed by atoms with Crippen LogP contribution in [0.25, 0.3) is 5.82 Å². The minimum absolute atomic E-state index is 0. The van der Waals surface area contributed by atoms with Crippen LogP contribution in [0.1, 0.15) is 33.7 Å². The van der Waals surface area contributed by atoms with E-state index in [1.807, 2.05) is 0 Å². The van der Waals surface area contributed by atoms with Crippen molar-refractivity contribution in [3.63, 3.8) is 0 Å². The van der Waals surface area contributed by atoms with Crippen LogP contribution in [0.4, 0.5) is 5.69 Å². The van der Waals surface area contributed by atoms with Crippen molar-refractivity contribution in [1.29, 1.82) is 0 Å². The lowest BCUT2D eigenvalue weighted by Gasteiger charge is -2.26. The van der Waals surface area contributed by atoms with Crippen LogP contribution in [-0.2, 0) is 0 Å². The van der Waals surface area contributed by atoms with E-state index in [4.69, 9.17) is 11.6 Å². The van der Waals surface area contributed by atoms with Gasteiger partial charge in [-0.1, -0.05) is 27.5 Å². The van der Waals surface area contributed by atoms with Gasteiger partial charge in [-0.15, -0.1) is 12.4 Å².